The number of carbonyl (C=O) groups excluding carboxylic acids is 2. The number of rotatable bonds is 2. The van der Waals surface area contributed by atoms with Crippen molar-refractivity contribution in [2.75, 3.05) is 19.6 Å². The Hall–Kier alpha value is -2.15. The van der Waals surface area contributed by atoms with Gasteiger partial charge < -0.3 is 14.5 Å². The van der Waals surface area contributed by atoms with Gasteiger partial charge in [0.1, 0.15) is 10.6 Å². The van der Waals surface area contributed by atoms with Crippen LogP contribution in [0.2, 0.25) is 0 Å². The van der Waals surface area contributed by atoms with Crippen molar-refractivity contribution < 1.29 is 14.3 Å². The molecule has 2 saturated heterocycles. The summed E-state index contributed by atoms with van der Waals surface area (Å²) in [4.78, 5) is 34.1. The third kappa shape index (κ3) is 4.39. The van der Waals surface area contributed by atoms with E-state index in [4.69, 9.17) is 9.72 Å². The molecule has 4 rings (SSSR count). The summed E-state index contributed by atoms with van der Waals surface area (Å²) in [6.45, 7) is 7.56. The van der Waals surface area contributed by atoms with Gasteiger partial charge in [0.2, 0.25) is 5.91 Å². The number of fused-ring (bicyclic) bond motifs is 1. The van der Waals surface area contributed by atoms with Gasteiger partial charge in [-0.25, -0.2) is 9.78 Å². The quantitative estimate of drug-likeness (QED) is 0.719. The average molecular weight is 416 g/mol. The van der Waals surface area contributed by atoms with Gasteiger partial charge in [0.15, 0.2) is 0 Å². The number of likely N-dealkylation sites (tertiary alicyclic amines) is 2. The van der Waals surface area contributed by atoms with Crippen LogP contribution in [0, 0.1) is 5.92 Å². The van der Waals surface area contributed by atoms with Gasteiger partial charge in [0, 0.05) is 25.6 Å². The molecule has 0 aliphatic carbocycles. The highest BCUT2D eigenvalue weighted by Crippen LogP contribution is 2.38. The van der Waals surface area contributed by atoms with Crippen LogP contribution in [0.25, 0.3) is 10.2 Å². The summed E-state index contributed by atoms with van der Waals surface area (Å²) in [5.74, 6) is 0.194. The van der Waals surface area contributed by atoms with Crippen LogP contribution < -0.4 is 0 Å². The molecule has 2 amide bonds. The lowest BCUT2D eigenvalue weighted by Gasteiger charge is -2.35. The van der Waals surface area contributed by atoms with Crippen molar-refractivity contribution >= 4 is 33.6 Å². The first-order chi connectivity index (χ1) is 13.8. The lowest BCUT2D eigenvalue weighted by Crippen LogP contribution is -2.45. The van der Waals surface area contributed by atoms with E-state index >= 15 is 0 Å². The maximum absolute atomic E-state index is 13.3. The number of thiazole rings is 1. The Balaban J connectivity index is 1.40. The smallest absolute Gasteiger partial charge is 0.410 e. The molecule has 7 heteroatoms. The fourth-order valence-corrected chi connectivity index (χ4v) is 5.31. The first kappa shape index (κ1) is 20.1. The summed E-state index contributed by atoms with van der Waals surface area (Å²) in [5, 5.41) is 1.04. The van der Waals surface area contributed by atoms with E-state index in [1.807, 2.05) is 43.9 Å². The molecule has 0 saturated carbocycles. The molecule has 2 fully saturated rings. The van der Waals surface area contributed by atoms with E-state index in [2.05, 4.69) is 6.07 Å². The van der Waals surface area contributed by atoms with E-state index in [-0.39, 0.29) is 24.0 Å². The highest BCUT2D eigenvalue weighted by atomic mass is 32.1. The van der Waals surface area contributed by atoms with Crippen LogP contribution in [0.4, 0.5) is 4.79 Å². The summed E-state index contributed by atoms with van der Waals surface area (Å²) in [6.07, 6.45) is 3.10. The highest BCUT2D eigenvalue weighted by molar-refractivity contribution is 7.18. The molecule has 1 aromatic carbocycles. The molecule has 0 unspecified atom stereocenters. The third-order valence-electron chi connectivity index (χ3n) is 5.63. The Kier molecular flexibility index (Phi) is 5.51. The molecule has 2 aromatic rings. The maximum Gasteiger partial charge on any atom is 0.410 e. The number of aromatic nitrogens is 1. The monoisotopic (exact) mass is 415 g/mol. The zero-order chi connectivity index (χ0) is 20.6. The van der Waals surface area contributed by atoms with Crippen LogP contribution in [-0.4, -0.2) is 52.0 Å². The number of carbonyl (C=O) groups is 2. The van der Waals surface area contributed by atoms with E-state index in [1.54, 1.807) is 16.2 Å². The molecule has 29 heavy (non-hydrogen) atoms. The second-order valence-corrected chi connectivity index (χ2v) is 10.0. The van der Waals surface area contributed by atoms with E-state index in [0.717, 1.165) is 29.9 Å². The first-order valence-electron chi connectivity index (χ1n) is 10.5. The summed E-state index contributed by atoms with van der Waals surface area (Å²) in [6, 6.07) is 8.23. The largest absolute Gasteiger partial charge is 0.444 e. The molecule has 0 radical (unpaired) electrons. The fourth-order valence-electron chi connectivity index (χ4n) is 4.19. The summed E-state index contributed by atoms with van der Waals surface area (Å²) in [7, 11) is 0. The lowest BCUT2D eigenvalue weighted by molar-refractivity contribution is -0.138. The van der Waals surface area contributed by atoms with E-state index in [0.29, 0.717) is 25.9 Å². The van der Waals surface area contributed by atoms with Gasteiger partial charge in [-0.15, -0.1) is 11.3 Å². The Morgan fingerprint density at radius 1 is 1.10 bits per heavy atom. The normalized spacial score (nSPS) is 21.0. The van der Waals surface area contributed by atoms with Gasteiger partial charge in [-0.05, 0) is 58.6 Å². The van der Waals surface area contributed by atoms with Gasteiger partial charge >= 0.3 is 6.09 Å². The number of hydrogen-bond acceptors (Lipinski definition) is 5. The molecule has 1 aromatic heterocycles. The minimum absolute atomic E-state index is 0.0244. The van der Waals surface area contributed by atoms with Crippen molar-refractivity contribution in [3.8, 4) is 0 Å². The molecule has 2 aliphatic heterocycles. The van der Waals surface area contributed by atoms with Gasteiger partial charge in [-0.1, -0.05) is 12.1 Å². The molecule has 3 heterocycles. The third-order valence-corrected chi connectivity index (χ3v) is 6.76. The molecule has 6 nitrogen and oxygen atoms in total. The molecule has 2 aliphatic rings. The number of para-hydroxylation sites is 1. The summed E-state index contributed by atoms with van der Waals surface area (Å²) in [5.41, 5.74) is 0.515. The van der Waals surface area contributed by atoms with Gasteiger partial charge in [0.05, 0.1) is 16.3 Å². The minimum atomic E-state index is -0.496. The maximum atomic E-state index is 13.3. The molecule has 0 bridgehead atoms. The Labute approximate surface area is 175 Å². The van der Waals surface area contributed by atoms with Crippen molar-refractivity contribution in [1.82, 2.24) is 14.8 Å². The minimum Gasteiger partial charge on any atom is -0.444 e. The van der Waals surface area contributed by atoms with Crippen LogP contribution in [-0.2, 0) is 9.53 Å². The number of piperidine rings is 1. The Morgan fingerprint density at radius 3 is 2.52 bits per heavy atom. The second kappa shape index (κ2) is 7.94. The first-order valence-corrected chi connectivity index (χ1v) is 11.3. The molecular weight excluding hydrogens is 386 g/mol. The number of benzene rings is 1. The molecule has 0 spiro atoms. The summed E-state index contributed by atoms with van der Waals surface area (Å²) >= 11 is 1.70. The molecule has 156 valence electrons. The number of amides is 2. The van der Waals surface area contributed by atoms with Crippen LogP contribution in [0.1, 0.15) is 57.5 Å². The zero-order valence-corrected chi connectivity index (χ0v) is 18.2. The topological polar surface area (TPSA) is 62.7 Å². The molecule has 1 atom stereocenters. The Bertz CT molecular complexity index is 863. The van der Waals surface area contributed by atoms with Crippen molar-refractivity contribution in [3.05, 3.63) is 29.3 Å². The summed E-state index contributed by atoms with van der Waals surface area (Å²) < 4.78 is 6.63. The average Bonchev–Trinajstić information content (AvgIpc) is 3.32. The van der Waals surface area contributed by atoms with E-state index in [9.17, 15) is 9.59 Å². The van der Waals surface area contributed by atoms with Crippen molar-refractivity contribution in [2.45, 2.75) is 58.1 Å². The van der Waals surface area contributed by atoms with E-state index < -0.39 is 5.60 Å². The van der Waals surface area contributed by atoms with Crippen molar-refractivity contribution in [2.24, 2.45) is 5.92 Å². The molecular formula is C22H29N3O3S. The standard InChI is InChI=1S/C22H29N3O3S/c1-22(2,3)28-21(27)24-13-10-15(11-14-24)20(26)25-12-6-8-17(25)19-23-16-7-4-5-9-18(16)29-19/h4-5,7,9,15,17H,6,8,10-14H2,1-3H3/t17-/m0/s1. The second-order valence-electron chi connectivity index (χ2n) is 8.95. The van der Waals surface area contributed by atoms with Crippen molar-refractivity contribution in [3.63, 3.8) is 0 Å². The number of nitrogens with zero attached hydrogens (tertiary/aromatic N) is 3. The fraction of sp³-hybridized carbons (Fsp3) is 0.591. The van der Waals surface area contributed by atoms with Crippen LogP contribution in [0.5, 0.6) is 0 Å². The highest BCUT2D eigenvalue weighted by Gasteiger charge is 2.37. The van der Waals surface area contributed by atoms with Crippen LogP contribution >= 0.6 is 11.3 Å². The van der Waals surface area contributed by atoms with Crippen LogP contribution in [0.15, 0.2) is 24.3 Å². The van der Waals surface area contributed by atoms with E-state index in [1.165, 1.54) is 4.70 Å². The molecule has 0 N–H and O–H groups in total. The number of ether oxygens (including phenoxy) is 1. The predicted molar refractivity (Wildman–Crippen MR) is 114 cm³/mol. The van der Waals surface area contributed by atoms with Crippen LogP contribution in [0.3, 0.4) is 0 Å². The van der Waals surface area contributed by atoms with Gasteiger partial charge in [0.25, 0.3) is 0 Å². The zero-order valence-electron chi connectivity index (χ0n) is 17.4. The number of hydrogen-bond donors (Lipinski definition) is 0. The Morgan fingerprint density at radius 2 is 1.83 bits per heavy atom. The SMILES string of the molecule is CC(C)(C)OC(=O)N1CCC(C(=O)N2CCC[C@H]2c2nc3ccccc3s2)CC1. The lowest BCUT2D eigenvalue weighted by atomic mass is 9.95. The van der Waals surface area contributed by atoms with Crippen molar-refractivity contribution in [1.29, 1.82) is 0 Å². The van der Waals surface area contributed by atoms with Gasteiger partial charge in [-0.2, -0.15) is 0 Å². The predicted octanol–water partition coefficient (Wildman–Crippen LogP) is 4.61. The van der Waals surface area contributed by atoms with Gasteiger partial charge in [-0.3, -0.25) is 4.79 Å².